The quantitative estimate of drug-likeness (QED) is 0.760. The second kappa shape index (κ2) is 5.45. The Kier molecular flexibility index (Phi) is 4.32. The predicted molar refractivity (Wildman–Crippen MR) is 74.5 cm³/mol. The van der Waals surface area contributed by atoms with E-state index in [9.17, 15) is 5.11 Å². The number of nitrogens with zero attached hydrogens (tertiary/aromatic N) is 2. The number of aliphatic hydroxyl groups is 1. The number of hydrogen-bond donors (Lipinski definition) is 2. The van der Waals surface area contributed by atoms with Crippen LogP contribution in [0, 0.1) is 0 Å². The van der Waals surface area contributed by atoms with Gasteiger partial charge in [0.05, 0.1) is 6.61 Å². The summed E-state index contributed by atoms with van der Waals surface area (Å²) in [7, 11) is 2.22. The van der Waals surface area contributed by atoms with Gasteiger partial charge < -0.3 is 10.8 Å². The van der Waals surface area contributed by atoms with Crippen LogP contribution in [-0.4, -0.2) is 65.3 Å². The van der Waals surface area contributed by atoms with Gasteiger partial charge in [-0.25, -0.2) is 0 Å². The fraction of sp³-hybridized carbons (Fsp3) is 1.00. The molecule has 2 aliphatic rings. The molecule has 2 fully saturated rings. The molecule has 0 spiro atoms. The van der Waals surface area contributed by atoms with Crippen LogP contribution in [0.2, 0.25) is 0 Å². The topological polar surface area (TPSA) is 52.7 Å². The van der Waals surface area contributed by atoms with E-state index in [1.54, 1.807) is 0 Å². The van der Waals surface area contributed by atoms with Gasteiger partial charge in [0.25, 0.3) is 0 Å². The summed E-state index contributed by atoms with van der Waals surface area (Å²) in [6, 6.07) is 1.78. The highest BCUT2D eigenvalue weighted by Gasteiger charge is 2.37. The zero-order valence-corrected chi connectivity index (χ0v) is 12.1. The molecule has 0 aromatic heterocycles. The summed E-state index contributed by atoms with van der Waals surface area (Å²) in [5.41, 5.74) is 5.93. The Morgan fingerprint density at radius 3 is 2.44 bits per heavy atom. The van der Waals surface area contributed by atoms with Crippen molar-refractivity contribution in [1.29, 1.82) is 0 Å². The number of likely N-dealkylation sites (N-methyl/N-ethyl adjacent to an activating group) is 1. The predicted octanol–water partition coefficient (Wildman–Crippen LogP) is 0.643. The second-order valence-corrected chi connectivity index (χ2v) is 6.59. The number of hydrogen-bond acceptors (Lipinski definition) is 4. The highest BCUT2D eigenvalue weighted by molar-refractivity contribution is 4.96. The minimum Gasteiger partial charge on any atom is -0.394 e. The number of aliphatic hydroxyl groups excluding tert-OH is 1. The van der Waals surface area contributed by atoms with Crippen LogP contribution in [0.5, 0.6) is 0 Å². The van der Waals surface area contributed by atoms with Crippen molar-refractivity contribution in [2.45, 2.75) is 63.2 Å². The minimum absolute atomic E-state index is 0.127. The SMILES string of the molecule is CC1CN(C2CCCC(N)(CO)C2)CC(C)N1C. The Morgan fingerprint density at radius 1 is 1.28 bits per heavy atom. The van der Waals surface area contributed by atoms with Gasteiger partial charge in [-0.15, -0.1) is 0 Å². The summed E-state index contributed by atoms with van der Waals surface area (Å²) < 4.78 is 0. The van der Waals surface area contributed by atoms with Gasteiger partial charge in [0.15, 0.2) is 0 Å². The van der Waals surface area contributed by atoms with E-state index in [0.29, 0.717) is 18.1 Å². The molecule has 0 aromatic rings. The lowest BCUT2D eigenvalue weighted by Crippen LogP contribution is -2.60. The molecule has 1 aliphatic carbocycles. The van der Waals surface area contributed by atoms with E-state index in [1.165, 1.54) is 6.42 Å². The maximum atomic E-state index is 9.46. The van der Waals surface area contributed by atoms with E-state index in [4.69, 9.17) is 5.73 Å². The van der Waals surface area contributed by atoms with E-state index in [2.05, 4.69) is 30.7 Å². The Hall–Kier alpha value is -0.160. The molecule has 3 N–H and O–H groups in total. The van der Waals surface area contributed by atoms with Crippen LogP contribution in [0.3, 0.4) is 0 Å². The average Bonchev–Trinajstić information content (AvgIpc) is 2.35. The van der Waals surface area contributed by atoms with Crippen LogP contribution in [0.4, 0.5) is 0 Å². The molecule has 1 aliphatic heterocycles. The largest absolute Gasteiger partial charge is 0.394 e. The van der Waals surface area contributed by atoms with E-state index in [1.807, 2.05) is 0 Å². The van der Waals surface area contributed by atoms with Gasteiger partial charge >= 0.3 is 0 Å². The van der Waals surface area contributed by atoms with Crippen LogP contribution in [0.1, 0.15) is 39.5 Å². The zero-order valence-electron chi connectivity index (χ0n) is 12.1. The van der Waals surface area contributed by atoms with Gasteiger partial charge in [-0.1, -0.05) is 0 Å². The first-order chi connectivity index (χ1) is 8.45. The number of piperazine rings is 1. The van der Waals surface area contributed by atoms with Crippen LogP contribution < -0.4 is 5.73 Å². The second-order valence-electron chi connectivity index (χ2n) is 6.59. The van der Waals surface area contributed by atoms with Crippen molar-refractivity contribution >= 4 is 0 Å². The lowest BCUT2D eigenvalue weighted by Gasteiger charge is -2.49. The first kappa shape index (κ1) is 14.3. The summed E-state index contributed by atoms with van der Waals surface area (Å²) in [6.07, 6.45) is 4.31. The van der Waals surface area contributed by atoms with Crippen molar-refractivity contribution in [2.75, 3.05) is 26.7 Å². The van der Waals surface area contributed by atoms with E-state index >= 15 is 0 Å². The summed E-state index contributed by atoms with van der Waals surface area (Å²) in [6.45, 7) is 6.99. The minimum atomic E-state index is -0.335. The van der Waals surface area contributed by atoms with Gasteiger partial charge in [-0.05, 0) is 46.6 Å². The fourth-order valence-corrected chi connectivity index (χ4v) is 3.56. The van der Waals surface area contributed by atoms with Gasteiger partial charge in [-0.2, -0.15) is 0 Å². The third-order valence-corrected chi connectivity index (χ3v) is 5.07. The summed E-state index contributed by atoms with van der Waals surface area (Å²) in [5, 5.41) is 9.46. The maximum absolute atomic E-state index is 9.46. The van der Waals surface area contributed by atoms with Crippen LogP contribution in [0.15, 0.2) is 0 Å². The van der Waals surface area contributed by atoms with Crippen LogP contribution >= 0.6 is 0 Å². The highest BCUT2D eigenvalue weighted by atomic mass is 16.3. The molecule has 4 atom stereocenters. The average molecular weight is 255 g/mol. The molecule has 4 heteroatoms. The molecule has 1 saturated heterocycles. The fourth-order valence-electron chi connectivity index (χ4n) is 3.56. The smallest absolute Gasteiger partial charge is 0.0611 e. The molecule has 4 nitrogen and oxygen atoms in total. The molecule has 18 heavy (non-hydrogen) atoms. The Morgan fingerprint density at radius 2 is 1.89 bits per heavy atom. The molecular weight excluding hydrogens is 226 g/mol. The first-order valence-electron chi connectivity index (χ1n) is 7.31. The standard InChI is InChI=1S/C14H29N3O/c1-11-8-17(9-12(2)16(11)3)13-5-4-6-14(15,7-13)10-18/h11-13,18H,4-10,15H2,1-3H3. The van der Waals surface area contributed by atoms with Crippen LogP contribution in [0.25, 0.3) is 0 Å². The molecule has 0 bridgehead atoms. The molecule has 1 heterocycles. The first-order valence-corrected chi connectivity index (χ1v) is 7.31. The van der Waals surface area contributed by atoms with Crippen molar-refractivity contribution in [1.82, 2.24) is 9.80 Å². The Bertz CT molecular complexity index is 274. The van der Waals surface area contributed by atoms with Crippen LogP contribution in [-0.2, 0) is 0 Å². The van der Waals surface area contributed by atoms with E-state index in [-0.39, 0.29) is 12.1 Å². The maximum Gasteiger partial charge on any atom is 0.0611 e. The van der Waals surface area contributed by atoms with Gasteiger partial charge in [0.2, 0.25) is 0 Å². The molecule has 0 amide bonds. The molecule has 4 unspecified atom stereocenters. The lowest BCUT2D eigenvalue weighted by atomic mass is 9.79. The van der Waals surface area contributed by atoms with Crippen molar-refractivity contribution in [3.8, 4) is 0 Å². The van der Waals surface area contributed by atoms with Crippen molar-refractivity contribution in [3.05, 3.63) is 0 Å². The summed E-state index contributed by atoms with van der Waals surface area (Å²) in [5.74, 6) is 0. The number of rotatable bonds is 2. The Labute approximate surface area is 111 Å². The van der Waals surface area contributed by atoms with Gasteiger partial charge in [0, 0.05) is 36.8 Å². The third-order valence-electron chi connectivity index (χ3n) is 5.07. The van der Waals surface area contributed by atoms with Gasteiger partial charge in [-0.3, -0.25) is 9.80 Å². The molecule has 0 radical (unpaired) electrons. The Balaban J connectivity index is 1.99. The summed E-state index contributed by atoms with van der Waals surface area (Å²) >= 11 is 0. The third kappa shape index (κ3) is 2.87. The van der Waals surface area contributed by atoms with Crippen molar-refractivity contribution in [3.63, 3.8) is 0 Å². The van der Waals surface area contributed by atoms with E-state index in [0.717, 1.165) is 32.4 Å². The normalized spacial score (nSPS) is 44.2. The zero-order chi connectivity index (χ0) is 13.3. The molecule has 0 aromatic carbocycles. The summed E-state index contributed by atoms with van der Waals surface area (Å²) in [4.78, 5) is 5.06. The highest BCUT2D eigenvalue weighted by Crippen LogP contribution is 2.31. The van der Waals surface area contributed by atoms with Crippen molar-refractivity contribution in [2.24, 2.45) is 5.73 Å². The molecule has 106 valence electrons. The van der Waals surface area contributed by atoms with Crippen molar-refractivity contribution < 1.29 is 5.11 Å². The van der Waals surface area contributed by atoms with Gasteiger partial charge in [0.1, 0.15) is 0 Å². The molecule has 1 saturated carbocycles. The molecule has 2 rings (SSSR count). The lowest BCUT2D eigenvalue weighted by molar-refractivity contribution is 0.00585. The molecular formula is C14H29N3O. The monoisotopic (exact) mass is 255 g/mol. The van der Waals surface area contributed by atoms with E-state index < -0.39 is 0 Å². The number of nitrogens with two attached hydrogens (primary N) is 1.